The van der Waals surface area contributed by atoms with Gasteiger partial charge in [0.15, 0.2) is 0 Å². The molecule has 7 nitrogen and oxygen atoms in total. The molecule has 0 aliphatic rings. The average molecular weight is 506 g/mol. The smallest absolute Gasteiger partial charge is 0.241 e. The maximum Gasteiger partial charge on any atom is 0.241 e. The Balaban J connectivity index is 0.00000289. The first kappa shape index (κ1) is 24.4. The number of nitrogen functional groups attached to an aromatic ring is 1. The maximum absolute atomic E-state index is 12.9. The van der Waals surface area contributed by atoms with Gasteiger partial charge in [0, 0.05) is 23.9 Å². The summed E-state index contributed by atoms with van der Waals surface area (Å²) in [5.74, 6) is 0.894. The molecule has 178 valence electrons. The van der Waals surface area contributed by atoms with E-state index in [1.165, 1.54) is 0 Å². The monoisotopic (exact) mass is 505 g/mol. The summed E-state index contributed by atoms with van der Waals surface area (Å²) in [5, 5.41) is 5.61. The number of halogens is 1. The molecule has 9 heteroatoms. The van der Waals surface area contributed by atoms with Crippen molar-refractivity contribution in [3.63, 3.8) is 0 Å². The van der Waals surface area contributed by atoms with Crippen molar-refractivity contribution in [1.82, 2.24) is 14.7 Å². The molecule has 0 spiro atoms. The molecule has 0 aliphatic carbocycles. The molecule has 5 rings (SSSR count). The lowest BCUT2D eigenvalue weighted by Gasteiger charge is -2.11. The maximum atomic E-state index is 12.9. The zero-order chi connectivity index (χ0) is 23.5. The number of nitrogens with zero attached hydrogens (tertiary/aromatic N) is 2. The Morgan fingerprint density at radius 2 is 1.34 bits per heavy atom. The van der Waals surface area contributed by atoms with E-state index in [0.717, 1.165) is 27.4 Å². The Morgan fingerprint density at radius 3 is 2.11 bits per heavy atom. The molecule has 5 aromatic rings. The van der Waals surface area contributed by atoms with E-state index in [2.05, 4.69) is 20.0 Å². The molecule has 0 saturated heterocycles. The van der Waals surface area contributed by atoms with Crippen molar-refractivity contribution in [3.05, 3.63) is 102 Å². The third-order valence-corrected chi connectivity index (χ3v) is 7.07. The summed E-state index contributed by atoms with van der Waals surface area (Å²) in [7, 11) is -3.65. The molecule has 0 atom stereocenters. The highest BCUT2D eigenvalue weighted by atomic mass is 35.5. The molecule has 0 unspecified atom stereocenters. The largest absolute Gasteiger partial charge is 0.383 e. The quantitative estimate of drug-likeness (QED) is 0.291. The molecule has 1 aromatic heterocycles. The average Bonchev–Trinajstić information content (AvgIpc) is 2.86. The van der Waals surface area contributed by atoms with Gasteiger partial charge in [0.1, 0.15) is 5.82 Å². The molecule has 35 heavy (non-hydrogen) atoms. The molecular weight excluding hydrogens is 482 g/mol. The van der Waals surface area contributed by atoms with Gasteiger partial charge in [0.25, 0.3) is 0 Å². The van der Waals surface area contributed by atoms with Crippen molar-refractivity contribution < 1.29 is 8.42 Å². The fraction of sp³-hybridized carbons (Fsp3) is 0.0769. The topological polar surface area (TPSA) is 110 Å². The van der Waals surface area contributed by atoms with Gasteiger partial charge in [-0.1, -0.05) is 72.8 Å². The van der Waals surface area contributed by atoms with Crippen LogP contribution >= 0.6 is 12.4 Å². The first-order valence-corrected chi connectivity index (χ1v) is 12.3. The van der Waals surface area contributed by atoms with E-state index in [9.17, 15) is 8.42 Å². The number of nitrogens with two attached hydrogens (primary N) is 1. The van der Waals surface area contributed by atoms with E-state index < -0.39 is 10.0 Å². The van der Waals surface area contributed by atoms with Crippen LogP contribution in [-0.4, -0.2) is 18.4 Å². The lowest BCUT2D eigenvalue weighted by molar-refractivity contribution is 0.582. The first-order chi connectivity index (χ1) is 16.5. The highest BCUT2D eigenvalue weighted by Crippen LogP contribution is 2.23. The van der Waals surface area contributed by atoms with Gasteiger partial charge < -0.3 is 11.1 Å². The third-order valence-electron chi connectivity index (χ3n) is 5.61. The minimum atomic E-state index is -3.65. The standard InChI is InChI=1S/C26H23N5O2S.ClH/c27-25-22-9-3-4-10-23(22)30-26(31-25)28-16-18-12-14-19(15-13-18)17-29-34(32,33)24-11-5-7-20-6-1-2-8-21(20)24;/h1-15,29H,16-17H2,(H3,27,28,30,31);1H. The third kappa shape index (κ3) is 5.35. The lowest BCUT2D eigenvalue weighted by atomic mass is 10.1. The summed E-state index contributed by atoms with van der Waals surface area (Å²) in [5.41, 5.74) is 8.69. The van der Waals surface area contributed by atoms with Gasteiger partial charge >= 0.3 is 0 Å². The molecule has 0 amide bonds. The first-order valence-electron chi connectivity index (χ1n) is 10.8. The van der Waals surface area contributed by atoms with Crippen molar-refractivity contribution in [2.24, 2.45) is 0 Å². The van der Waals surface area contributed by atoms with E-state index >= 15 is 0 Å². The highest BCUT2D eigenvalue weighted by Gasteiger charge is 2.16. The normalized spacial score (nSPS) is 11.3. The van der Waals surface area contributed by atoms with Gasteiger partial charge in [-0.05, 0) is 34.7 Å². The van der Waals surface area contributed by atoms with Crippen LogP contribution in [0.4, 0.5) is 11.8 Å². The molecule has 4 N–H and O–H groups in total. The Labute approximate surface area is 209 Å². The second kappa shape index (κ2) is 10.3. The zero-order valence-corrected chi connectivity index (χ0v) is 20.3. The molecular formula is C26H24ClN5O2S. The Bertz CT molecular complexity index is 1590. The number of hydrogen-bond acceptors (Lipinski definition) is 6. The van der Waals surface area contributed by atoms with Crippen LogP contribution in [0.1, 0.15) is 11.1 Å². The van der Waals surface area contributed by atoms with Crippen LogP contribution in [-0.2, 0) is 23.1 Å². The summed E-state index contributed by atoms with van der Waals surface area (Å²) >= 11 is 0. The van der Waals surface area contributed by atoms with Crippen molar-refractivity contribution >= 4 is 55.9 Å². The number of rotatable bonds is 7. The van der Waals surface area contributed by atoms with E-state index in [0.29, 0.717) is 23.7 Å². The minimum Gasteiger partial charge on any atom is -0.383 e. The van der Waals surface area contributed by atoms with Crippen LogP contribution in [0.15, 0.2) is 95.9 Å². The number of nitrogens with one attached hydrogen (secondary N) is 2. The van der Waals surface area contributed by atoms with Gasteiger partial charge in [-0.25, -0.2) is 18.1 Å². The number of para-hydroxylation sites is 1. The van der Waals surface area contributed by atoms with Crippen molar-refractivity contribution in [2.45, 2.75) is 18.0 Å². The summed E-state index contributed by atoms with van der Waals surface area (Å²) in [6.07, 6.45) is 0. The Morgan fingerprint density at radius 1 is 0.714 bits per heavy atom. The molecule has 0 radical (unpaired) electrons. The molecule has 0 fully saturated rings. The van der Waals surface area contributed by atoms with Crippen LogP contribution in [0.2, 0.25) is 0 Å². The summed E-state index contributed by atoms with van der Waals surface area (Å²) in [6, 6.07) is 28.0. The molecule has 4 aromatic carbocycles. The SMILES string of the molecule is Cl.Nc1nc(NCc2ccc(CNS(=O)(=O)c3cccc4ccccc34)cc2)nc2ccccc12. The number of sulfonamides is 1. The van der Waals surface area contributed by atoms with Gasteiger partial charge in [-0.3, -0.25) is 0 Å². The van der Waals surface area contributed by atoms with E-state index in [1.807, 2.05) is 78.9 Å². The summed E-state index contributed by atoms with van der Waals surface area (Å²) in [4.78, 5) is 9.10. The van der Waals surface area contributed by atoms with Crippen LogP contribution in [0, 0.1) is 0 Å². The molecule has 1 heterocycles. The Hall–Kier alpha value is -3.72. The van der Waals surface area contributed by atoms with Gasteiger partial charge in [0.2, 0.25) is 16.0 Å². The second-order valence-electron chi connectivity index (χ2n) is 7.92. The molecule has 0 saturated carbocycles. The minimum absolute atomic E-state index is 0. The van der Waals surface area contributed by atoms with Crippen LogP contribution in [0.25, 0.3) is 21.7 Å². The number of fused-ring (bicyclic) bond motifs is 2. The number of anilines is 2. The highest BCUT2D eigenvalue weighted by molar-refractivity contribution is 7.89. The number of benzene rings is 4. The van der Waals surface area contributed by atoms with Crippen LogP contribution < -0.4 is 15.8 Å². The second-order valence-corrected chi connectivity index (χ2v) is 9.66. The lowest BCUT2D eigenvalue weighted by Crippen LogP contribution is -2.23. The predicted octanol–water partition coefficient (Wildman–Crippen LogP) is 4.88. The van der Waals surface area contributed by atoms with E-state index in [-0.39, 0.29) is 23.8 Å². The van der Waals surface area contributed by atoms with Crippen LogP contribution in [0.5, 0.6) is 0 Å². The van der Waals surface area contributed by atoms with Crippen LogP contribution in [0.3, 0.4) is 0 Å². The number of aromatic nitrogens is 2. The van der Waals surface area contributed by atoms with Gasteiger partial charge in [-0.2, -0.15) is 4.98 Å². The predicted molar refractivity (Wildman–Crippen MR) is 143 cm³/mol. The van der Waals surface area contributed by atoms with E-state index in [4.69, 9.17) is 5.73 Å². The van der Waals surface area contributed by atoms with Crippen molar-refractivity contribution in [1.29, 1.82) is 0 Å². The van der Waals surface area contributed by atoms with Crippen molar-refractivity contribution in [3.8, 4) is 0 Å². The van der Waals surface area contributed by atoms with Gasteiger partial charge in [0.05, 0.1) is 10.4 Å². The number of hydrogen-bond donors (Lipinski definition) is 3. The summed E-state index contributed by atoms with van der Waals surface area (Å²) in [6.45, 7) is 0.712. The Kier molecular flexibility index (Phi) is 7.16. The van der Waals surface area contributed by atoms with E-state index in [1.54, 1.807) is 12.1 Å². The molecule has 0 aliphatic heterocycles. The van der Waals surface area contributed by atoms with Crippen molar-refractivity contribution in [2.75, 3.05) is 11.1 Å². The fourth-order valence-corrected chi connectivity index (χ4v) is 5.07. The fourth-order valence-electron chi connectivity index (χ4n) is 3.82. The molecule has 0 bridgehead atoms. The zero-order valence-electron chi connectivity index (χ0n) is 18.7. The van der Waals surface area contributed by atoms with Gasteiger partial charge in [-0.15, -0.1) is 12.4 Å². The summed E-state index contributed by atoms with van der Waals surface area (Å²) < 4.78 is 28.5.